The highest BCUT2D eigenvalue weighted by Gasteiger charge is 2.45. The molecule has 1 aromatic rings. The Balaban J connectivity index is 2.23. The van der Waals surface area contributed by atoms with Gasteiger partial charge in [-0.05, 0) is 17.0 Å². The van der Waals surface area contributed by atoms with Gasteiger partial charge in [0, 0.05) is 0 Å². The van der Waals surface area contributed by atoms with Crippen LogP contribution < -0.4 is 4.74 Å². The third kappa shape index (κ3) is 3.42. The second kappa shape index (κ2) is 6.52. The highest BCUT2D eigenvalue weighted by molar-refractivity contribution is 5.38. The van der Waals surface area contributed by atoms with Gasteiger partial charge in [-0.1, -0.05) is 39.0 Å². The molecule has 1 aliphatic heterocycles. The van der Waals surface area contributed by atoms with Crippen LogP contribution in [0.1, 0.15) is 26.3 Å². The zero-order valence-corrected chi connectivity index (χ0v) is 13.0. The first kappa shape index (κ1) is 17.2. The number of para-hydroxylation sites is 1. The van der Waals surface area contributed by atoms with E-state index in [1.807, 2.05) is 32.9 Å². The van der Waals surface area contributed by atoms with Crippen LogP contribution in [0.4, 0.5) is 0 Å². The smallest absolute Gasteiger partial charge is 0.229 e. The topological polar surface area (TPSA) is 99.4 Å². The minimum atomic E-state index is -1.45. The van der Waals surface area contributed by atoms with Crippen LogP contribution in [0.3, 0.4) is 0 Å². The summed E-state index contributed by atoms with van der Waals surface area (Å²) >= 11 is 0. The molecule has 5 atom stereocenters. The van der Waals surface area contributed by atoms with Crippen LogP contribution in [-0.4, -0.2) is 57.7 Å². The molecule has 4 N–H and O–H groups in total. The van der Waals surface area contributed by atoms with Crippen molar-refractivity contribution in [1.82, 2.24) is 0 Å². The van der Waals surface area contributed by atoms with E-state index in [0.29, 0.717) is 5.75 Å². The summed E-state index contributed by atoms with van der Waals surface area (Å²) in [5.74, 6) is 0.527. The Bertz CT molecular complexity index is 496. The van der Waals surface area contributed by atoms with Gasteiger partial charge in [-0.25, -0.2) is 0 Å². The van der Waals surface area contributed by atoms with Crippen molar-refractivity contribution in [2.45, 2.75) is 56.9 Å². The fourth-order valence-electron chi connectivity index (χ4n) is 2.48. The monoisotopic (exact) mass is 312 g/mol. The second-order valence-electron chi connectivity index (χ2n) is 6.56. The molecule has 1 saturated heterocycles. The van der Waals surface area contributed by atoms with Gasteiger partial charge in [0.1, 0.15) is 30.2 Å². The van der Waals surface area contributed by atoms with E-state index in [9.17, 15) is 20.4 Å². The van der Waals surface area contributed by atoms with Crippen molar-refractivity contribution in [1.29, 1.82) is 0 Å². The fraction of sp³-hybridized carbons (Fsp3) is 0.625. The quantitative estimate of drug-likeness (QED) is 0.635. The molecule has 0 amide bonds. The Kier molecular flexibility index (Phi) is 5.09. The van der Waals surface area contributed by atoms with Crippen molar-refractivity contribution >= 4 is 0 Å². The van der Waals surface area contributed by atoms with Crippen molar-refractivity contribution in [3.8, 4) is 5.75 Å². The van der Waals surface area contributed by atoms with E-state index in [2.05, 4.69) is 0 Å². The number of benzene rings is 1. The summed E-state index contributed by atoms with van der Waals surface area (Å²) in [5, 5.41) is 38.8. The molecule has 1 heterocycles. The van der Waals surface area contributed by atoms with Gasteiger partial charge in [0.05, 0.1) is 6.61 Å². The van der Waals surface area contributed by atoms with Crippen LogP contribution in [0.15, 0.2) is 24.3 Å². The highest BCUT2D eigenvalue weighted by Crippen LogP contribution is 2.33. The molecule has 1 aromatic carbocycles. The van der Waals surface area contributed by atoms with E-state index >= 15 is 0 Å². The third-order valence-corrected chi connectivity index (χ3v) is 3.79. The lowest BCUT2D eigenvalue weighted by atomic mass is 9.86. The standard InChI is InChI=1S/C16H24O6/c1-16(2,3)9-6-4-5-7-10(9)21-15-14(20)13(19)12(18)11(8-17)22-15/h4-7,11-15,17-20H,8H2,1-3H3/t11-,12-,13-,14+,15-/m1/s1. The zero-order valence-electron chi connectivity index (χ0n) is 13.0. The van der Waals surface area contributed by atoms with E-state index in [-0.39, 0.29) is 5.41 Å². The number of hydrogen-bond donors (Lipinski definition) is 4. The average molecular weight is 312 g/mol. The van der Waals surface area contributed by atoms with E-state index < -0.39 is 37.3 Å². The lowest BCUT2D eigenvalue weighted by Crippen LogP contribution is -2.60. The molecule has 1 aliphatic rings. The van der Waals surface area contributed by atoms with Crippen molar-refractivity contribution in [3.63, 3.8) is 0 Å². The third-order valence-electron chi connectivity index (χ3n) is 3.79. The van der Waals surface area contributed by atoms with Crippen LogP contribution in [0.2, 0.25) is 0 Å². The summed E-state index contributed by atoms with van der Waals surface area (Å²) in [7, 11) is 0. The maximum absolute atomic E-state index is 10.0. The fourth-order valence-corrected chi connectivity index (χ4v) is 2.48. The van der Waals surface area contributed by atoms with Crippen molar-refractivity contribution < 1.29 is 29.9 Å². The summed E-state index contributed by atoms with van der Waals surface area (Å²) in [6, 6.07) is 7.36. The number of rotatable bonds is 3. The maximum atomic E-state index is 10.0. The SMILES string of the molecule is CC(C)(C)c1ccccc1O[C@@H]1O[C@H](CO)[C@@H](O)[C@@H](O)[C@@H]1O. The molecule has 1 fully saturated rings. The predicted octanol–water partition coefficient (Wildman–Crippen LogP) is 0.163. The van der Waals surface area contributed by atoms with Crippen LogP contribution in [0, 0.1) is 0 Å². The first-order valence-electron chi connectivity index (χ1n) is 7.32. The van der Waals surface area contributed by atoms with Gasteiger partial charge in [0.15, 0.2) is 0 Å². The molecular weight excluding hydrogens is 288 g/mol. The molecule has 0 aliphatic carbocycles. The van der Waals surface area contributed by atoms with E-state index in [1.165, 1.54) is 0 Å². The molecule has 6 nitrogen and oxygen atoms in total. The van der Waals surface area contributed by atoms with Gasteiger partial charge in [0.2, 0.25) is 6.29 Å². The molecule has 0 saturated carbocycles. The largest absolute Gasteiger partial charge is 0.462 e. The normalized spacial score (nSPS) is 32.8. The molecule has 2 rings (SSSR count). The molecule has 0 radical (unpaired) electrons. The minimum Gasteiger partial charge on any atom is -0.462 e. The minimum absolute atomic E-state index is 0.176. The van der Waals surface area contributed by atoms with E-state index in [4.69, 9.17) is 9.47 Å². The highest BCUT2D eigenvalue weighted by atomic mass is 16.7. The van der Waals surface area contributed by atoms with Crippen molar-refractivity contribution in [2.24, 2.45) is 0 Å². The molecule has 0 aromatic heterocycles. The Morgan fingerprint density at radius 1 is 1.05 bits per heavy atom. The van der Waals surface area contributed by atoms with Gasteiger partial charge in [-0.2, -0.15) is 0 Å². The van der Waals surface area contributed by atoms with E-state index in [1.54, 1.807) is 12.1 Å². The molecule has 0 unspecified atom stereocenters. The number of aliphatic hydroxyl groups is 4. The Labute approximate surface area is 129 Å². The lowest BCUT2D eigenvalue weighted by molar-refractivity contribution is -0.277. The predicted molar refractivity (Wildman–Crippen MR) is 79.5 cm³/mol. The summed E-state index contributed by atoms with van der Waals surface area (Å²) in [4.78, 5) is 0. The number of hydrogen-bond acceptors (Lipinski definition) is 6. The van der Waals surface area contributed by atoms with Crippen LogP contribution in [0.5, 0.6) is 5.75 Å². The lowest BCUT2D eigenvalue weighted by Gasteiger charge is -2.40. The Morgan fingerprint density at radius 2 is 1.68 bits per heavy atom. The summed E-state index contributed by atoms with van der Waals surface area (Å²) in [6.45, 7) is 5.61. The summed E-state index contributed by atoms with van der Waals surface area (Å²) < 4.78 is 11.1. The Hall–Kier alpha value is -1.18. The summed E-state index contributed by atoms with van der Waals surface area (Å²) in [5.41, 5.74) is 0.747. The first-order chi connectivity index (χ1) is 10.3. The van der Waals surface area contributed by atoms with Crippen LogP contribution >= 0.6 is 0 Å². The van der Waals surface area contributed by atoms with Gasteiger partial charge in [-0.3, -0.25) is 0 Å². The van der Waals surface area contributed by atoms with Crippen molar-refractivity contribution in [3.05, 3.63) is 29.8 Å². The molecule has 6 heteroatoms. The molecule has 22 heavy (non-hydrogen) atoms. The average Bonchev–Trinajstić information content (AvgIpc) is 2.47. The molecule has 0 bridgehead atoms. The van der Waals surface area contributed by atoms with Gasteiger partial charge in [-0.15, -0.1) is 0 Å². The van der Waals surface area contributed by atoms with Crippen LogP contribution in [-0.2, 0) is 10.2 Å². The maximum Gasteiger partial charge on any atom is 0.229 e. The van der Waals surface area contributed by atoms with Gasteiger partial charge < -0.3 is 29.9 Å². The number of ether oxygens (including phenoxy) is 2. The van der Waals surface area contributed by atoms with Crippen molar-refractivity contribution in [2.75, 3.05) is 6.61 Å². The first-order valence-corrected chi connectivity index (χ1v) is 7.32. The van der Waals surface area contributed by atoms with E-state index in [0.717, 1.165) is 5.56 Å². The zero-order chi connectivity index (χ0) is 16.5. The van der Waals surface area contributed by atoms with Gasteiger partial charge >= 0.3 is 0 Å². The summed E-state index contributed by atoms with van der Waals surface area (Å²) in [6.07, 6.45) is -6.40. The molecule has 124 valence electrons. The van der Waals surface area contributed by atoms with Crippen LogP contribution in [0.25, 0.3) is 0 Å². The van der Waals surface area contributed by atoms with Gasteiger partial charge in [0.25, 0.3) is 0 Å². The number of aliphatic hydroxyl groups excluding tert-OH is 4. The molecular formula is C16H24O6. The Morgan fingerprint density at radius 3 is 2.27 bits per heavy atom. The molecule has 0 spiro atoms. The second-order valence-corrected chi connectivity index (χ2v) is 6.56.